The third kappa shape index (κ3) is 7.34. The van der Waals surface area contributed by atoms with Crippen LogP contribution in [0.15, 0.2) is 23.1 Å². The zero-order chi connectivity index (χ0) is 13.5. The van der Waals surface area contributed by atoms with E-state index in [2.05, 4.69) is 5.32 Å². The first-order chi connectivity index (χ1) is 8.49. The Balaban J connectivity index is 0.00000324. The van der Waals surface area contributed by atoms with Crippen LogP contribution in [0.5, 0.6) is 0 Å². The molecule has 1 atom stereocenters. The topological polar surface area (TPSA) is 55.1 Å². The zero-order valence-electron chi connectivity index (χ0n) is 10.5. The molecule has 1 amide bonds. The molecule has 7 heteroatoms. The van der Waals surface area contributed by atoms with Crippen LogP contribution in [0.1, 0.15) is 13.3 Å². The summed E-state index contributed by atoms with van der Waals surface area (Å²) in [6, 6.07) is 3.61. The van der Waals surface area contributed by atoms with Crippen LogP contribution in [0.2, 0.25) is 0 Å². The molecule has 1 aromatic carbocycles. The molecule has 0 aromatic heterocycles. The quantitative estimate of drug-likeness (QED) is 0.793. The summed E-state index contributed by atoms with van der Waals surface area (Å²) in [5.41, 5.74) is 5.54. The van der Waals surface area contributed by atoms with Crippen LogP contribution >= 0.6 is 24.2 Å². The first-order valence-electron chi connectivity index (χ1n) is 5.59. The average molecular weight is 311 g/mol. The Hall–Kier alpha value is -0.850. The van der Waals surface area contributed by atoms with E-state index in [1.165, 1.54) is 6.07 Å². The van der Waals surface area contributed by atoms with Gasteiger partial charge >= 0.3 is 0 Å². The summed E-state index contributed by atoms with van der Waals surface area (Å²) in [6.45, 7) is 2.39. The van der Waals surface area contributed by atoms with Crippen molar-refractivity contribution in [2.45, 2.75) is 24.3 Å². The van der Waals surface area contributed by atoms with E-state index in [9.17, 15) is 13.6 Å². The van der Waals surface area contributed by atoms with Gasteiger partial charge < -0.3 is 11.1 Å². The number of amides is 1. The van der Waals surface area contributed by atoms with Crippen molar-refractivity contribution >= 4 is 30.1 Å². The maximum absolute atomic E-state index is 12.9. The Morgan fingerprint density at radius 3 is 2.68 bits per heavy atom. The van der Waals surface area contributed by atoms with Gasteiger partial charge in [-0.3, -0.25) is 4.79 Å². The summed E-state index contributed by atoms with van der Waals surface area (Å²) in [4.78, 5) is 11.9. The van der Waals surface area contributed by atoms with Crippen molar-refractivity contribution in [1.82, 2.24) is 5.32 Å². The number of carbonyl (C=O) groups is 1. The molecule has 108 valence electrons. The number of rotatable bonds is 6. The number of nitrogens with two attached hydrogens (primary N) is 1. The van der Waals surface area contributed by atoms with Gasteiger partial charge in [0.1, 0.15) is 0 Å². The van der Waals surface area contributed by atoms with Crippen molar-refractivity contribution in [2.24, 2.45) is 5.73 Å². The van der Waals surface area contributed by atoms with Crippen LogP contribution in [-0.2, 0) is 4.79 Å². The summed E-state index contributed by atoms with van der Waals surface area (Å²) in [5.74, 6) is -1.77. The minimum atomic E-state index is -0.905. The van der Waals surface area contributed by atoms with E-state index in [0.29, 0.717) is 17.9 Å². The molecule has 19 heavy (non-hydrogen) atoms. The van der Waals surface area contributed by atoms with Gasteiger partial charge in [0.25, 0.3) is 0 Å². The monoisotopic (exact) mass is 310 g/mol. The molecule has 0 spiro atoms. The lowest BCUT2D eigenvalue weighted by atomic mass is 10.2. The maximum Gasteiger partial charge on any atom is 0.230 e. The highest BCUT2D eigenvalue weighted by molar-refractivity contribution is 8.00. The van der Waals surface area contributed by atoms with Gasteiger partial charge in [-0.1, -0.05) is 0 Å². The van der Waals surface area contributed by atoms with Gasteiger partial charge in [-0.05, 0) is 31.5 Å². The van der Waals surface area contributed by atoms with Crippen LogP contribution in [0, 0.1) is 11.6 Å². The summed E-state index contributed by atoms with van der Waals surface area (Å²) in [6.07, 6.45) is 0.710. The van der Waals surface area contributed by atoms with E-state index in [1.54, 1.807) is 0 Å². The van der Waals surface area contributed by atoms with Crippen LogP contribution in [-0.4, -0.2) is 24.2 Å². The molecule has 0 bridgehead atoms. The lowest BCUT2D eigenvalue weighted by Crippen LogP contribution is -2.30. The highest BCUT2D eigenvalue weighted by Gasteiger charge is 2.06. The number of nitrogens with one attached hydrogen (secondary N) is 1. The molecule has 0 aliphatic carbocycles. The molecular formula is C12H17ClF2N2OS. The van der Waals surface area contributed by atoms with E-state index in [4.69, 9.17) is 5.73 Å². The Labute approximate surface area is 121 Å². The summed E-state index contributed by atoms with van der Waals surface area (Å²) in [5, 5.41) is 2.70. The summed E-state index contributed by atoms with van der Waals surface area (Å²) in [7, 11) is 0. The molecule has 1 rings (SSSR count). The van der Waals surface area contributed by atoms with Crippen molar-refractivity contribution < 1.29 is 13.6 Å². The fourth-order valence-electron chi connectivity index (χ4n) is 1.21. The molecule has 0 heterocycles. The largest absolute Gasteiger partial charge is 0.355 e. The third-order valence-electron chi connectivity index (χ3n) is 2.18. The van der Waals surface area contributed by atoms with Crippen molar-refractivity contribution in [3.05, 3.63) is 29.8 Å². The summed E-state index contributed by atoms with van der Waals surface area (Å²) >= 11 is 1.16. The normalized spacial score (nSPS) is 11.6. The number of carbonyl (C=O) groups excluding carboxylic acids is 1. The second-order valence-corrected chi connectivity index (χ2v) is 5.03. The van der Waals surface area contributed by atoms with Gasteiger partial charge in [0, 0.05) is 17.5 Å². The predicted molar refractivity (Wildman–Crippen MR) is 75.6 cm³/mol. The molecule has 0 fully saturated rings. The number of benzene rings is 1. The highest BCUT2D eigenvalue weighted by Crippen LogP contribution is 2.19. The van der Waals surface area contributed by atoms with Crippen LogP contribution in [0.25, 0.3) is 0 Å². The van der Waals surface area contributed by atoms with Crippen molar-refractivity contribution in [1.29, 1.82) is 0 Å². The molecule has 0 saturated carbocycles. The Bertz CT molecular complexity index is 419. The van der Waals surface area contributed by atoms with Crippen LogP contribution in [0.3, 0.4) is 0 Å². The minimum absolute atomic E-state index is 0. The second-order valence-electron chi connectivity index (χ2n) is 3.98. The molecule has 0 aliphatic heterocycles. The standard InChI is InChI=1S/C12H16F2N2OS.ClH/c1-8(15)4-5-16-12(17)7-18-9-2-3-10(13)11(14)6-9;/h2-3,6,8H,4-5,7,15H2,1H3,(H,16,17);1H. The molecule has 3 nitrogen and oxygen atoms in total. The summed E-state index contributed by atoms with van der Waals surface area (Å²) < 4.78 is 25.6. The number of halogens is 3. The van der Waals surface area contributed by atoms with E-state index >= 15 is 0 Å². The van der Waals surface area contributed by atoms with Crippen LogP contribution < -0.4 is 11.1 Å². The van der Waals surface area contributed by atoms with Crippen molar-refractivity contribution in [3.8, 4) is 0 Å². The van der Waals surface area contributed by atoms with Gasteiger partial charge in [-0.15, -0.1) is 24.2 Å². The Morgan fingerprint density at radius 2 is 2.11 bits per heavy atom. The van der Waals surface area contributed by atoms with Gasteiger partial charge in [0.05, 0.1) is 5.75 Å². The fourth-order valence-corrected chi connectivity index (χ4v) is 1.96. The first-order valence-corrected chi connectivity index (χ1v) is 6.57. The van der Waals surface area contributed by atoms with Gasteiger partial charge in [0.15, 0.2) is 11.6 Å². The molecule has 1 aromatic rings. The molecule has 0 saturated heterocycles. The van der Waals surface area contributed by atoms with Gasteiger partial charge in [-0.2, -0.15) is 0 Å². The zero-order valence-corrected chi connectivity index (χ0v) is 12.1. The number of hydrogen-bond acceptors (Lipinski definition) is 3. The SMILES string of the molecule is CC(N)CCNC(=O)CSc1ccc(F)c(F)c1.Cl. The van der Waals surface area contributed by atoms with Gasteiger partial charge in [0.2, 0.25) is 5.91 Å². The van der Waals surface area contributed by atoms with Gasteiger partial charge in [-0.25, -0.2) is 8.78 Å². The Kier molecular flexibility index (Phi) is 8.71. The third-order valence-corrected chi connectivity index (χ3v) is 3.18. The highest BCUT2D eigenvalue weighted by atomic mass is 35.5. The van der Waals surface area contributed by atoms with Crippen molar-refractivity contribution in [3.63, 3.8) is 0 Å². The van der Waals surface area contributed by atoms with E-state index < -0.39 is 11.6 Å². The second kappa shape index (κ2) is 9.12. The van der Waals surface area contributed by atoms with E-state index in [0.717, 1.165) is 23.9 Å². The molecule has 3 N–H and O–H groups in total. The van der Waals surface area contributed by atoms with Crippen molar-refractivity contribution in [2.75, 3.05) is 12.3 Å². The fraction of sp³-hybridized carbons (Fsp3) is 0.417. The molecule has 1 unspecified atom stereocenters. The Morgan fingerprint density at radius 1 is 1.42 bits per heavy atom. The maximum atomic E-state index is 12.9. The number of hydrogen-bond donors (Lipinski definition) is 2. The minimum Gasteiger partial charge on any atom is -0.355 e. The number of thioether (sulfide) groups is 1. The molecular weight excluding hydrogens is 294 g/mol. The lowest BCUT2D eigenvalue weighted by molar-refractivity contribution is -0.118. The van der Waals surface area contributed by atoms with Crippen LogP contribution in [0.4, 0.5) is 8.78 Å². The molecule has 0 aliphatic rings. The smallest absolute Gasteiger partial charge is 0.230 e. The van der Waals surface area contributed by atoms with E-state index in [-0.39, 0.29) is 30.1 Å². The average Bonchev–Trinajstić information content (AvgIpc) is 2.30. The molecule has 0 radical (unpaired) electrons. The van der Waals surface area contributed by atoms with E-state index in [1.807, 2.05) is 6.92 Å². The predicted octanol–water partition coefficient (Wildman–Crippen LogP) is 2.33. The lowest BCUT2D eigenvalue weighted by Gasteiger charge is -2.07. The first kappa shape index (κ1) is 18.1.